The van der Waals surface area contributed by atoms with Crippen molar-refractivity contribution in [3.8, 4) is 0 Å². The second kappa shape index (κ2) is 2.08. The van der Waals surface area contributed by atoms with E-state index in [1.807, 2.05) is 0 Å². The number of nitrogens with zero attached hydrogens (tertiary/aromatic N) is 1. The van der Waals surface area contributed by atoms with Crippen molar-refractivity contribution in [2.24, 2.45) is 0 Å². The van der Waals surface area contributed by atoms with E-state index >= 15 is 0 Å². The van der Waals surface area contributed by atoms with Crippen LogP contribution in [-0.4, -0.2) is 32.0 Å². The third-order valence-corrected chi connectivity index (χ3v) is 1.84. The molecule has 0 unspecified atom stereocenters. The van der Waals surface area contributed by atoms with E-state index in [4.69, 9.17) is 0 Å². The zero-order valence-electron chi connectivity index (χ0n) is 4.78. The van der Waals surface area contributed by atoms with Crippen LogP contribution in [0.4, 0.5) is 8.68 Å². The van der Waals surface area contributed by atoms with Crippen molar-refractivity contribution in [1.82, 2.24) is 4.31 Å². The van der Waals surface area contributed by atoms with Gasteiger partial charge in [-0.15, -0.1) is 0 Å². The predicted molar refractivity (Wildman–Crippen MR) is 28.1 cm³/mol. The molecule has 0 aromatic heterocycles. The summed E-state index contributed by atoms with van der Waals surface area (Å²) in [5, 5.41) is 0. The van der Waals surface area contributed by atoms with Crippen LogP contribution in [0.1, 0.15) is 0 Å². The first-order valence-electron chi connectivity index (χ1n) is 2.41. The van der Waals surface area contributed by atoms with Crippen molar-refractivity contribution in [3.63, 3.8) is 0 Å². The van der Waals surface area contributed by atoms with Gasteiger partial charge in [0.15, 0.2) is 0 Å². The number of halogens is 1. The first-order chi connectivity index (χ1) is 4.52. The number of hydrogen-bond acceptors (Lipinski definition) is 4. The van der Waals surface area contributed by atoms with Crippen molar-refractivity contribution in [3.05, 3.63) is 0 Å². The van der Waals surface area contributed by atoms with Gasteiger partial charge in [-0.05, 0) is 0 Å². The molecule has 1 aliphatic heterocycles. The van der Waals surface area contributed by atoms with Gasteiger partial charge in [-0.25, -0.2) is 4.79 Å². The fraction of sp³-hybridized carbons (Fsp3) is 0.667. The Bertz CT molecular complexity index is 247. The lowest BCUT2D eigenvalue weighted by Crippen LogP contribution is -2.28. The van der Waals surface area contributed by atoms with Crippen molar-refractivity contribution >= 4 is 16.5 Å². The molecular weight excluding hydrogens is 165 g/mol. The van der Waals surface area contributed by atoms with Crippen LogP contribution in [-0.2, 0) is 15.1 Å². The summed E-state index contributed by atoms with van der Waals surface area (Å²) in [5.41, 5.74) is 0. The summed E-state index contributed by atoms with van der Waals surface area (Å²) in [6.07, 6.45) is -1.15. The number of amides is 1. The number of carbonyl (C=O) groups excluding carboxylic acids is 1. The molecule has 0 aromatic rings. The molecule has 1 rings (SSSR count). The standard InChI is InChI=1S/C3H4FNO4S/c4-10(7,8)5-1-2-9-3(5)6/h1-2H2. The minimum absolute atomic E-state index is 0.0347. The number of rotatable bonds is 1. The third-order valence-electron chi connectivity index (χ3n) is 0.987. The molecule has 0 aromatic carbocycles. The number of ether oxygens (including phenoxy) is 1. The topological polar surface area (TPSA) is 63.7 Å². The monoisotopic (exact) mass is 169 g/mol. The predicted octanol–water partition coefficient (Wildman–Crippen LogP) is -0.347. The van der Waals surface area contributed by atoms with Gasteiger partial charge in [0.2, 0.25) is 0 Å². The lowest BCUT2D eigenvalue weighted by molar-refractivity contribution is 0.169. The fourth-order valence-electron chi connectivity index (χ4n) is 0.577. The average molecular weight is 169 g/mol. The molecule has 0 radical (unpaired) electrons. The van der Waals surface area contributed by atoms with Crippen LogP contribution in [0, 0.1) is 0 Å². The van der Waals surface area contributed by atoms with Gasteiger partial charge in [0.1, 0.15) is 6.61 Å². The lowest BCUT2D eigenvalue weighted by atomic mass is 10.7. The second-order valence-electron chi connectivity index (χ2n) is 1.63. The fourth-order valence-corrected chi connectivity index (χ4v) is 1.10. The van der Waals surface area contributed by atoms with Crippen LogP contribution in [0.25, 0.3) is 0 Å². The van der Waals surface area contributed by atoms with Gasteiger partial charge in [-0.2, -0.15) is 12.7 Å². The Morgan fingerprint density at radius 3 is 2.40 bits per heavy atom. The maximum atomic E-state index is 11.9. The average Bonchev–Trinajstić information content (AvgIpc) is 2.11. The Hall–Kier alpha value is -0.850. The first kappa shape index (κ1) is 7.26. The molecule has 1 fully saturated rings. The minimum Gasteiger partial charge on any atom is -0.447 e. The van der Waals surface area contributed by atoms with Crippen molar-refractivity contribution in [2.75, 3.05) is 13.2 Å². The number of cyclic esters (lactones) is 1. The molecule has 0 atom stereocenters. The van der Waals surface area contributed by atoms with Gasteiger partial charge in [0, 0.05) is 0 Å². The van der Waals surface area contributed by atoms with Crippen molar-refractivity contribution in [2.45, 2.75) is 0 Å². The molecule has 0 bridgehead atoms. The summed E-state index contributed by atoms with van der Waals surface area (Å²) in [4.78, 5) is 10.3. The van der Waals surface area contributed by atoms with E-state index in [0.717, 1.165) is 0 Å². The molecule has 1 amide bonds. The van der Waals surface area contributed by atoms with Crippen LogP contribution in [0.15, 0.2) is 0 Å². The largest absolute Gasteiger partial charge is 0.447 e. The second-order valence-corrected chi connectivity index (χ2v) is 2.89. The van der Waals surface area contributed by atoms with E-state index < -0.39 is 16.5 Å². The van der Waals surface area contributed by atoms with Crippen molar-refractivity contribution < 1.29 is 21.8 Å². The molecule has 0 saturated carbocycles. The summed E-state index contributed by atoms with van der Waals surface area (Å²) in [5.74, 6) is 0. The number of carbonyl (C=O) groups is 1. The molecule has 0 N–H and O–H groups in total. The Morgan fingerprint density at radius 2 is 2.20 bits per heavy atom. The van der Waals surface area contributed by atoms with Gasteiger partial charge < -0.3 is 4.74 Å². The molecule has 0 spiro atoms. The van der Waals surface area contributed by atoms with Gasteiger partial charge in [-0.3, -0.25) is 0 Å². The zero-order chi connectivity index (χ0) is 7.78. The van der Waals surface area contributed by atoms with Crippen LogP contribution in [0.5, 0.6) is 0 Å². The van der Waals surface area contributed by atoms with Crippen LogP contribution in [0.3, 0.4) is 0 Å². The van der Waals surface area contributed by atoms with E-state index in [-0.39, 0.29) is 17.5 Å². The summed E-state index contributed by atoms with van der Waals surface area (Å²) in [6, 6.07) is 0. The first-order valence-corrected chi connectivity index (χ1v) is 3.75. The van der Waals surface area contributed by atoms with E-state index in [0.29, 0.717) is 0 Å². The van der Waals surface area contributed by atoms with Crippen LogP contribution < -0.4 is 0 Å². The van der Waals surface area contributed by atoms with Gasteiger partial charge in [0.25, 0.3) is 0 Å². The third kappa shape index (κ3) is 1.18. The van der Waals surface area contributed by atoms with E-state index in [1.54, 1.807) is 0 Å². The van der Waals surface area contributed by atoms with E-state index in [9.17, 15) is 17.1 Å². The molecule has 0 aliphatic carbocycles. The highest BCUT2D eigenvalue weighted by Gasteiger charge is 2.33. The van der Waals surface area contributed by atoms with Gasteiger partial charge in [0.05, 0.1) is 6.54 Å². The maximum Gasteiger partial charge on any atom is 0.425 e. The SMILES string of the molecule is O=C1OCCN1S(=O)(=O)F. The molecule has 1 heterocycles. The Morgan fingerprint density at radius 1 is 1.60 bits per heavy atom. The highest BCUT2D eigenvalue weighted by atomic mass is 32.3. The van der Waals surface area contributed by atoms with Gasteiger partial charge >= 0.3 is 16.5 Å². The number of hydrogen-bond donors (Lipinski definition) is 0. The summed E-state index contributed by atoms with van der Waals surface area (Å²) < 4.78 is 36.1. The van der Waals surface area contributed by atoms with E-state index in [1.165, 1.54) is 0 Å². The lowest BCUT2D eigenvalue weighted by Gasteiger charge is -2.03. The van der Waals surface area contributed by atoms with Crippen molar-refractivity contribution in [1.29, 1.82) is 0 Å². The summed E-state index contributed by atoms with van der Waals surface area (Å²) in [6.45, 7) is -0.320. The highest BCUT2D eigenvalue weighted by Crippen LogP contribution is 2.10. The van der Waals surface area contributed by atoms with Crippen LogP contribution in [0.2, 0.25) is 0 Å². The highest BCUT2D eigenvalue weighted by molar-refractivity contribution is 7.84. The summed E-state index contributed by atoms with van der Waals surface area (Å²) in [7, 11) is -4.89. The minimum atomic E-state index is -4.89. The zero-order valence-corrected chi connectivity index (χ0v) is 5.60. The Balaban J connectivity index is 2.84. The smallest absolute Gasteiger partial charge is 0.425 e. The quantitative estimate of drug-likeness (QED) is 0.503. The molecule has 5 nitrogen and oxygen atoms in total. The normalized spacial score (nSPS) is 19.3. The van der Waals surface area contributed by atoms with E-state index in [2.05, 4.69) is 4.74 Å². The van der Waals surface area contributed by atoms with Gasteiger partial charge in [-0.1, -0.05) is 3.89 Å². The Labute approximate surface area is 56.7 Å². The Kier molecular flexibility index (Phi) is 1.51. The van der Waals surface area contributed by atoms with Crippen LogP contribution >= 0.6 is 0 Å². The molecule has 1 saturated heterocycles. The molecule has 1 aliphatic rings. The molecule has 7 heteroatoms. The summed E-state index contributed by atoms with van der Waals surface area (Å²) >= 11 is 0. The molecule has 58 valence electrons. The molecule has 10 heavy (non-hydrogen) atoms. The molecular formula is C3H4FNO4S. The maximum absolute atomic E-state index is 11.9.